The average Bonchev–Trinajstić information content (AvgIpc) is 2.77. The maximum Gasteiger partial charge on any atom is 0.244 e. The second-order valence-electron chi connectivity index (χ2n) is 7.05. The van der Waals surface area contributed by atoms with E-state index in [1.807, 2.05) is 37.3 Å². The van der Waals surface area contributed by atoms with Crippen molar-refractivity contribution in [1.82, 2.24) is 20.2 Å². The molecule has 1 amide bonds. The normalized spacial score (nSPS) is 15.2. The molecule has 154 valence electrons. The molecular formula is C22H29N5O2. The average molecular weight is 396 g/mol. The van der Waals surface area contributed by atoms with Gasteiger partial charge in [0.15, 0.2) is 0 Å². The second kappa shape index (κ2) is 10.6. The zero-order valence-corrected chi connectivity index (χ0v) is 17.2. The molecule has 1 aliphatic heterocycles. The van der Waals surface area contributed by atoms with E-state index in [1.165, 1.54) is 0 Å². The molecule has 0 aliphatic carbocycles. The van der Waals surface area contributed by atoms with E-state index in [1.54, 1.807) is 25.6 Å². The molecule has 0 atom stereocenters. The number of rotatable bonds is 8. The first kappa shape index (κ1) is 20.8. The summed E-state index contributed by atoms with van der Waals surface area (Å²) in [6.07, 6.45) is 6.12. The first-order valence-corrected chi connectivity index (χ1v) is 10.0. The SMILES string of the molecule is COc1ccccc1/C(C)=C/C(=O)NCCCN1CCN(c2ncccn2)CC1. The highest BCUT2D eigenvalue weighted by atomic mass is 16.5. The highest BCUT2D eigenvalue weighted by molar-refractivity contribution is 5.95. The van der Waals surface area contributed by atoms with Crippen LogP contribution in [0.1, 0.15) is 18.9 Å². The van der Waals surface area contributed by atoms with Crippen molar-refractivity contribution in [1.29, 1.82) is 0 Å². The van der Waals surface area contributed by atoms with Gasteiger partial charge < -0.3 is 15.0 Å². The lowest BCUT2D eigenvalue weighted by Crippen LogP contribution is -2.47. The summed E-state index contributed by atoms with van der Waals surface area (Å²) in [5, 5.41) is 2.98. The van der Waals surface area contributed by atoms with Gasteiger partial charge in [-0.05, 0) is 37.6 Å². The van der Waals surface area contributed by atoms with E-state index in [9.17, 15) is 4.79 Å². The molecule has 3 rings (SSSR count). The van der Waals surface area contributed by atoms with Crippen molar-refractivity contribution < 1.29 is 9.53 Å². The molecule has 1 aromatic heterocycles. The Morgan fingerprint density at radius 2 is 1.86 bits per heavy atom. The van der Waals surface area contributed by atoms with Gasteiger partial charge in [-0.1, -0.05) is 18.2 Å². The van der Waals surface area contributed by atoms with Crippen LogP contribution in [-0.2, 0) is 4.79 Å². The molecule has 0 bridgehead atoms. The molecule has 1 aromatic carbocycles. The lowest BCUT2D eigenvalue weighted by Gasteiger charge is -2.34. The van der Waals surface area contributed by atoms with E-state index < -0.39 is 0 Å². The summed E-state index contributed by atoms with van der Waals surface area (Å²) in [6.45, 7) is 7.38. The first-order valence-electron chi connectivity index (χ1n) is 10.0. The van der Waals surface area contributed by atoms with Crippen LogP contribution in [0.15, 0.2) is 48.8 Å². The van der Waals surface area contributed by atoms with Crippen LogP contribution in [0.5, 0.6) is 5.75 Å². The van der Waals surface area contributed by atoms with Crippen molar-refractivity contribution in [2.24, 2.45) is 0 Å². The highest BCUT2D eigenvalue weighted by Crippen LogP contribution is 2.24. The van der Waals surface area contributed by atoms with Crippen LogP contribution in [0.25, 0.3) is 5.57 Å². The Kier molecular flexibility index (Phi) is 7.58. The molecule has 1 fully saturated rings. The Hall–Kier alpha value is -2.93. The van der Waals surface area contributed by atoms with Crippen molar-refractivity contribution in [3.8, 4) is 5.75 Å². The Morgan fingerprint density at radius 3 is 2.59 bits per heavy atom. The van der Waals surface area contributed by atoms with Crippen LogP contribution >= 0.6 is 0 Å². The third-order valence-corrected chi connectivity index (χ3v) is 5.04. The lowest BCUT2D eigenvalue weighted by molar-refractivity contribution is -0.116. The van der Waals surface area contributed by atoms with Gasteiger partial charge in [-0.2, -0.15) is 0 Å². The van der Waals surface area contributed by atoms with Crippen molar-refractivity contribution >= 4 is 17.4 Å². The molecule has 1 N–H and O–H groups in total. The molecule has 29 heavy (non-hydrogen) atoms. The van der Waals surface area contributed by atoms with Crippen molar-refractivity contribution in [2.75, 3.05) is 51.3 Å². The fourth-order valence-corrected chi connectivity index (χ4v) is 3.44. The summed E-state index contributed by atoms with van der Waals surface area (Å²) in [7, 11) is 1.64. The Morgan fingerprint density at radius 1 is 1.14 bits per heavy atom. The van der Waals surface area contributed by atoms with Crippen LogP contribution in [0.3, 0.4) is 0 Å². The first-order chi connectivity index (χ1) is 14.2. The van der Waals surface area contributed by atoms with Crippen molar-refractivity contribution in [3.63, 3.8) is 0 Å². The number of amides is 1. The maximum atomic E-state index is 12.2. The number of hydrogen-bond donors (Lipinski definition) is 1. The van der Waals surface area contributed by atoms with E-state index in [2.05, 4.69) is 25.1 Å². The number of allylic oxidation sites excluding steroid dienone is 1. The van der Waals surface area contributed by atoms with Crippen LogP contribution in [0.2, 0.25) is 0 Å². The number of hydrogen-bond acceptors (Lipinski definition) is 6. The third kappa shape index (κ3) is 6.02. The zero-order chi connectivity index (χ0) is 20.5. The second-order valence-corrected chi connectivity index (χ2v) is 7.05. The predicted molar refractivity (Wildman–Crippen MR) is 115 cm³/mol. The number of anilines is 1. The van der Waals surface area contributed by atoms with Crippen LogP contribution in [0, 0.1) is 0 Å². The summed E-state index contributed by atoms with van der Waals surface area (Å²) >= 11 is 0. The minimum Gasteiger partial charge on any atom is -0.496 e. The van der Waals surface area contributed by atoms with E-state index in [-0.39, 0.29) is 5.91 Å². The zero-order valence-electron chi connectivity index (χ0n) is 17.2. The number of carbonyl (C=O) groups excluding carboxylic acids is 1. The fraction of sp³-hybridized carbons (Fsp3) is 0.409. The number of nitrogens with zero attached hydrogens (tertiary/aromatic N) is 4. The number of para-hydroxylation sites is 1. The largest absolute Gasteiger partial charge is 0.496 e. The summed E-state index contributed by atoms with van der Waals surface area (Å²) in [4.78, 5) is 25.5. The van der Waals surface area contributed by atoms with Crippen LogP contribution < -0.4 is 15.0 Å². The summed E-state index contributed by atoms with van der Waals surface area (Å²) in [5.74, 6) is 1.50. The van der Waals surface area contributed by atoms with E-state index in [4.69, 9.17) is 4.74 Å². The summed E-state index contributed by atoms with van der Waals surface area (Å²) in [6, 6.07) is 9.55. The monoisotopic (exact) mass is 395 g/mol. The minimum absolute atomic E-state index is 0.0700. The minimum atomic E-state index is -0.0700. The van der Waals surface area contributed by atoms with Crippen LogP contribution in [-0.4, -0.2) is 67.2 Å². The molecule has 7 nitrogen and oxygen atoms in total. The van der Waals surface area contributed by atoms with E-state index in [0.29, 0.717) is 6.54 Å². The maximum absolute atomic E-state index is 12.2. The highest BCUT2D eigenvalue weighted by Gasteiger charge is 2.18. The standard InChI is InChI=1S/C22H29N5O2/c1-18(19-7-3-4-8-20(19)29-2)17-21(28)23-11-6-12-26-13-15-27(16-14-26)22-24-9-5-10-25-22/h3-5,7-10,17H,6,11-16H2,1-2H3,(H,23,28)/b18-17+. The van der Waals surface area contributed by atoms with Gasteiger partial charge >= 0.3 is 0 Å². The van der Waals surface area contributed by atoms with Crippen molar-refractivity contribution in [2.45, 2.75) is 13.3 Å². The smallest absolute Gasteiger partial charge is 0.244 e. The van der Waals surface area contributed by atoms with Gasteiger partial charge in [-0.25, -0.2) is 9.97 Å². The number of benzene rings is 1. The number of ether oxygens (including phenoxy) is 1. The summed E-state index contributed by atoms with van der Waals surface area (Å²) < 4.78 is 5.36. The van der Waals surface area contributed by atoms with Crippen LogP contribution in [0.4, 0.5) is 5.95 Å². The number of nitrogens with one attached hydrogen (secondary N) is 1. The summed E-state index contributed by atoms with van der Waals surface area (Å²) in [5.41, 5.74) is 1.82. The van der Waals surface area contributed by atoms with Crippen molar-refractivity contribution in [3.05, 3.63) is 54.4 Å². The predicted octanol–water partition coefficient (Wildman–Crippen LogP) is 2.22. The molecular weight excluding hydrogens is 366 g/mol. The van der Waals surface area contributed by atoms with Gasteiger partial charge in [0.2, 0.25) is 11.9 Å². The quantitative estimate of drug-likeness (QED) is 0.546. The molecule has 2 aromatic rings. The Balaban J connectivity index is 1.37. The number of piperazine rings is 1. The lowest BCUT2D eigenvalue weighted by atomic mass is 10.1. The Labute approximate surface area is 172 Å². The van der Waals surface area contributed by atoms with Gasteiger partial charge in [0, 0.05) is 56.8 Å². The van der Waals surface area contributed by atoms with Gasteiger partial charge in [-0.15, -0.1) is 0 Å². The fourth-order valence-electron chi connectivity index (χ4n) is 3.44. The van der Waals surface area contributed by atoms with E-state index >= 15 is 0 Å². The Bertz CT molecular complexity index is 817. The third-order valence-electron chi connectivity index (χ3n) is 5.04. The molecule has 0 saturated carbocycles. The van der Waals surface area contributed by atoms with Gasteiger partial charge in [0.25, 0.3) is 0 Å². The molecule has 1 aliphatic rings. The molecule has 0 unspecified atom stereocenters. The van der Waals surface area contributed by atoms with Gasteiger partial charge in [-0.3, -0.25) is 9.69 Å². The molecule has 2 heterocycles. The number of carbonyl (C=O) groups is 1. The number of aromatic nitrogens is 2. The molecule has 0 spiro atoms. The molecule has 7 heteroatoms. The van der Waals surface area contributed by atoms with Gasteiger partial charge in [0.05, 0.1) is 7.11 Å². The van der Waals surface area contributed by atoms with Gasteiger partial charge in [0.1, 0.15) is 5.75 Å². The van der Waals surface area contributed by atoms with E-state index in [0.717, 1.165) is 62.0 Å². The molecule has 0 radical (unpaired) electrons. The topological polar surface area (TPSA) is 70.6 Å². The number of methoxy groups -OCH3 is 1. The molecule has 1 saturated heterocycles.